The number of thioether (sulfide) groups is 2. The van der Waals surface area contributed by atoms with Crippen LogP contribution in [0.3, 0.4) is 0 Å². The van der Waals surface area contributed by atoms with Gasteiger partial charge in [0.15, 0.2) is 0 Å². The number of rotatable bonds is 7. The van der Waals surface area contributed by atoms with Crippen molar-refractivity contribution in [2.24, 2.45) is 0 Å². The largest absolute Gasteiger partial charge is 0.462 e. The normalized spacial score (nSPS) is 10.3. The van der Waals surface area contributed by atoms with Crippen LogP contribution in [0, 0.1) is 0 Å². The summed E-state index contributed by atoms with van der Waals surface area (Å²) in [7, 11) is 0. The Hall–Kier alpha value is -1.76. The van der Waals surface area contributed by atoms with E-state index in [1.807, 2.05) is 24.6 Å². The van der Waals surface area contributed by atoms with Gasteiger partial charge in [-0.15, -0.1) is 23.5 Å². The second kappa shape index (κ2) is 9.80. The Morgan fingerprint density at radius 1 is 1.08 bits per heavy atom. The van der Waals surface area contributed by atoms with Gasteiger partial charge in [-0.1, -0.05) is 17.7 Å². The van der Waals surface area contributed by atoms with Crippen LogP contribution in [-0.4, -0.2) is 35.9 Å². The Morgan fingerprint density at radius 2 is 1.73 bits per heavy atom. The van der Waals surface area contributed by atoms with Crippen LogP contribution in [0.25, 0.3) is 11.1 Å². The molecule has 0 aliphatic rings. The standard InChI is InChI=1S/C19H18ClNO3S2/c1-4-24-18(23)16(19(25-2)26-3)17(22)14-6-5-13(11-15(14)20)12-7-9-21-10-8-12/h5-11H,4H2,1-3H3. The SMILES string of the molecule is CCOC(=O)C(C(=O)c1ccc(-c2ccncc2)cc1Cl)=C(SC)SC. The molecule has 1 aromatic heterocycles. The molecule has 0 fully saturated rings. The fraction of sp³-hybridized carbons (Fsp3) is 0.211. The molecular formula is C19H18ClNO3S2. The van der Waals surface area contributed by atoms with Crippen molar-refractivity contribution in [3.05, 3.63) is 63.1 Å². The van der Waals surface area contributed by atoms with E-state index < -0.39 is 11.8 Å². The lowest BCUT2D eigenvalue weighted by Gasteiger charge is -2.12. The molecular weight excluding hydrogens is 390 g/mol. The maximum Gasteiger partial charge on any atom is 0.343 e. The van der Waals surface area contributed by atoms with Crippen molar-refractivity contribution in [1.82, 2.24) is 4.98 Å². The highest BCUT2D eigenvalue weighted by molar-refractivity contribution is 8.21. The van der Waals surface area contributed by atoms with Crippen molar-refractivity contribution in [2.75, 3.05) is 19.1 Å². The zero-order valence-electron chi connectivity index (χ0n) is 14.6. The monoisotopic (exact) mass is 407 g/mol. The first kappa shape index (κ1) is 20.6. The van der Waals surface area contributed by atoms with Gasteiger partial charge in [0.05, 0.1) is 15.9 Å². The van der Waals surface area contributed by atoms with Crippen LogP contribution < -0.4 is 0 Å². The molecule has 0 amide bonds. The van der Waals surface area contributed by atoms with Crippen molar-refractivity contribution in [3.63, 3.8) is 0 Å². The zero-order chi connectivity index (χ0) is 19.1. The Morgan fingerprint density at radius 3 is 2.27 bits per heavy atom. The molecule has 0 saturated carbocycles. The third kappa shape index (κ3) is 4.69. The highest BCUT2D eigenvalue weighted by Gasteiger charge is 2.27. The van der Waals surface area contributed by atoms with Crippen molar-refractivity contribution in [3.8, 4) is 11.1 Å². The first-order valence-corrected chi connectivity index (χ1v) is 10.6. The Labute approximate surface area is 166 Å². The quantitative estimate of drug-likeness (QED) is 0.209. The van der Waals surface area contributed by atoms with Gasteiger partial charge in [0.25, 0.3) is 0 Å². The van der Waals surface area contributed by atoms with Gasteiger partial charge in [-0.05, 0) is 54.8 Å². The van der Waals surface area contributed by atoms with E-state index in [0.29, 0.717) is 4.24 Å². The molecule has 1 aromatic carbocycles. The summed E-state index contributed by atoms with van der Waals surface area (Å²) in [5, 5.41) is 0.285. The van der Waals surface area contributed by atoms with E-state index in [0.717, 1.165) is 11.1 Å². The van der Waals surface area contributed by atoms with Crippen molar-refractivity contribution in [2.45, 2.75) is 6.92 Å². The van der Waals surface area contributed by atoms with Crippen molar-refractivity contribution < 1.29 is 14.3 Å². The van der Waals surface area contributed by atoms with E-state index in [-0.39, 0.29) is 22.8 Å². The summed E-state index contributed by atoms with van der Waals surface area (Å²) < 4.78 is 5.67. The molecule has 2 aromatic rings. The lowest BCUT2D eigenvalue weighted by Crippen LogP contribution is -2.18. The third-order valence-electron chi connectivity index (χ3n) is 3.51. The van der Waals surface area contributed by atoms with Gasteiger partial charge in [0.2, 0.25) is 5.78 Å². The molecule has 4 nitrogen and oxygen atoms in total. The molecule has 1 heterocycles. The number of ketones is 1. The molecule has 0 bridgehead atoms. The zero-order valence-corrected chi connectivity index (χ0v) is 17.0. The van der Waals surface area contributed by atoms with Gasteiger partial charge < -0.3 is 4.74 Å². The Bertz CT molecular complexity index is 832. The van der Waals surface area contributed by atoms with E-state index in [2.05, 4.69) is 4.98 Å². The number of hydrogen-bond acceptors (Lipinski definition) is 6. The lowest BCUT2D eigenvalue weighted by atomic mass is 10.0. The molecule has 0 radical (unpaired) electrons. The van der Waals surface area contributed by atoms with Gasteiger partial charge in [-0.2, -0.15) is 0 Å². The summed E-state index contributed by atoms with van der Waals surface area (Å²) in [5.74, 6) is -1.07. The minimum Gasteiger partial charge on any atom is -0.462 e. The van der Waals surface area contributed by atoms with Gasteiger partial charge in [-0.25, -0.2) is 4.79 Å². The summed E-state index contributed by atoms with van der Waals surface area (Å²) in [6.45, 7) is 1.90. The molecule has 0 N–H and O–H groups in total. The lowest BCUT2D eigenvalue weighted by molar-refractivity contribution is -0.138. The van der Waals surface area contributed by atoms with Gasteiger partial charge >= 0.3 is 5.97 Å². The molecule has 0 aliphatic carbocycles. The molecule has 0 saturated heterocycles. The van der Waals surface area contributed by atoms with Crippen LogP contribution >= 0.6 is 35.1 Å². The van der Waals surface area contributed by atoms with E-state index in [4.69, 9.17) is 16.3 Å². The number of nitrogens with zero attached hydrogens (tertiary/aromatic N) is 1. The average Bonchev–Trinajstić information content (AvgIpc) is 2.66. The van der Waals surface area contributed by atoms with Crippen molar-refractivity contribution >= 4 is 46.9 Å². The van der Waals surface area contributed by atoms with E-state index in [9.17, 15) is 9.59 Å². The number of aromatic nitrogens is 1. The number of carbonyl (C=O) groups is 2. The van der Waals surface area contributed by atoms with Crippen LogP contribution in [0.1, 0.15) is 17.3 Å². The molecule has 7 heteroatoms. The van der Waals surface area contributed by atoms with Crippen LogP contribution in [0.2, 0.25) is 5.02 Å². The highest BCUT2D eigenvalue weighted by atomic mass is 35.5. The second-order valence-corrected chi connectivity index (χ2v) is 7.35. The van der Waals surface area contributed by atoms with Crippen LogP contribution in [-0.2, 0) is 9.53 Å². The maximum atomic E-state index is 13.0. The predicted molar refractivity (Wildman–Crippen MR) is 110 cm³/mol. The number of ether oxygens (including phenoxy) is 1. The minimum absolute atomic E-state index is 0.0189. The number of Topliss-reactive ketones (excluding diaryl/α,β-unsaturated/α-hetero) is 1. The fourth-order valence-electron chi connectivity index (χ4n) is 2.32. The van der Waals surface area contributed by atoms with Crippen LogP contribution in [0.15, 0.2) is 52.5 Å². The smallest absolute Gasteiger partial charge is 0.343 e. The summed E-state index contributed by atoms with van der Waals surface area (Å²) >= 11 is 9.03. The minimum atomic E-state index is -0.634. The molecule has 136 valence electrons. The van der Waals surface area contributed by atoms with E-state index >= 15 is 0 Å². The number of hydrogen-bond donors (Lipinski definition) is 0. The Balaban J connectivity index is 2.46. The summed E-state index contributed by atoms with van der Waals surface area (Å²) in [4.78, 5) is 29.3. The topological polar surface area (TPSA) is 56.3 Å². The number of pyridine rings is 1. The molecule has 0 aliphatic heterocycles. The average molecular weight is 408 g/mol. The summed E-state index contributed by atoms with van der Waals surface area (Å²) in [6, 6.07) is 8.87. The summed E-state index contributed by atoms with van der Waals surface area (Å²) in [5.41, 5.74) is 2.10. The first-order chi connectivity index (χ1) is 12.5. The maximum absolute atomic E-state index is 13.0. The number of benzene rings is 1. The molecule has 0 spiro atoms. The first-order valence-electron chi connectivity index (χ1n) is 7.77. The second-order valence-electron chi connectivity index (χ2n) is 5.05. The highest BCUT2D eigenvalue weighted by Crippen LogP contribution is 2.33. The van der Waals surface area contributed by atoms with Crippen LogP contribution in [0.4, 0.5) is 0 Å². The number of esters is 1. The Kier molecular flexibility index (Phi) is 7.75. The predicted octanol–water partition coefficient (Wildman–Crippen LogP) is 5.09. The van der Waals surface area contributed by atoms with Crippen molar-refractivity contribution in [1.29, 1.82) is 0 Å². The number of halogens is 1. The third-order valence-corrected chi connectivity index (χ3v) is 5.97. The van der Waals surface area contributed by atoms with E-state index in [1.165, 1.54) is 23.5 Å². The van der Waals surface area contributed by atoms with E-state index in [1.54, 1.807) is 37.5 Å². The molecule has 0 atom stereocenters. The van der Waals surface area contributed by atoms with Gasteiger partial charge in [0.1, 0.15) is 5.57 Å². The van der Waals surface area contributed by atoms with Crippen LogP contribution in [0.5, 0.6) is 0 Å². The fourth-order valence-corrected chi connectivity index (χ4v) is 4.01. The number of carbonyl (C=O) groups excluding carboxylic acids is 2. The molecule has 26 heavy (non-hydrogen) atoms. The molecule has 0 unspecified atom stereocenters. The van der Waals surface area contributed by atoms with Gasteiger partial charge in [0, 0.05) is 18.0 Å². The molecule has 2 rings (SSSR count). The summed E-state index contributed by atoms with van der Waals surface area (Å²) in [6.07, 6.45) is 7.00. The van der Waals surface area contributed by atoms with Gasteiger partial charge in [-0.3, -0.25) is 9.78 Å².